The number of pyridine rings is 1. The molecular formula is C24H20ClF4N4O6P. The van der Waals surface area contributed by atoms with Crippen LogP contribution in [0.1, 0.15) is 27.2 Å². The Labute approximate surface area is 229 Å². The van der Waals surface area contributed by atoms with Crippen molar-refractivity contribution >= 4 is 37.0 Å². The lowest BCUT2D eigenvalue weighted by Crippen LogP contribution is -2.45. The first kappa shape index (κ1) is 29.4. The van der Waals surface area contributed by atoms with Gasteiger partial charge in [-0.15, -0.1) is 0 Å². The number of aromatic nitrogens is 1. The van der Waals surface area contributed by atoms with E-state index in [1.165, 1.54) is 30.1 Å². The van der Waals surface area contributed by atoms with E-state index in [-0.39, 0.29) is 34.9 Å². The summed E-state index contributed by atoms with van der Waals surface area (Å²) in [4.78, 5) is 51.8. The molecule has 212 valence electrons. The van der Waals surface area contributed by atoms with E-state index in [4.69, 9.17) is 21.4 Å². The number of fused-ring (bicyclic) bond motifs is 1. The average Bonchev–Trinajstić information content (AvgIpc) is 2.86. The Morgan fingerprint density at radius 1 is 1.12 bits per heavy atom. The molecule has 0 radical (unpaired) electrons. The standard InChI is InChI=1S/C24H20ClF4N4O6P/c1-31-11-21-22(33(24(31)35)10-15-17(25)3-2-4-18(15)27)5-13(8-30-21)23(34)32(12-39-40(36,37)38)9-16-19(28)6-14(26)7-20(16)29/h2-8H,9-12H2,1H3,(H2,36,37,38). The number of nitrogens with zero attached hydrogens (tertiary/aromatic N) is 4. The second-order valence-corrected chi connectivity index (χ2v) is 10.4. The predicted molar refractivity (Wildman–Crippen MR) is 133 cm³/mol. The van der Waals surface area contributed by atoms with E-state index >= 15 is 0 Å². The van der Waals surface area contributed by atoms with Crippen LogP contribution in [0.2, 0.25) is 5.02 Å². The topological polar surface area (TPSA) is 124 Å². The van der Waals surface area contributed by atoms with Crippen molar-refractivity contribution in [3.05, 3.63) is 93.3 Å². The molecule has 4 rings (SSSR count). The first-order valence-corrected chi connectivity index (χ1v) is 13.2. The SMILES string of the molecule is CN1Cc2ncc(C(=O)N(COP(=O)(O)O)Cc3c(F)cc(F)cc3F)cc2N(Cc2c(F)cccc2Cl)C1=O. The summed E-state index contributed by atoms with van der Waals surface area (Å²) in [6.45, 7) is -2.34. The molecule has 0 fully saturated rings. The quantitative estimate of drug-likeness (QED) is 0.220. The number of phosphoric acid groups is 1. The average molecular weight is 603 g/mol. The van der Waals surface area contributed by atoms with Gasteiger partial charge in [-0.25, -0.2) is 26.9 Å². The van der Waals surface area contributed by atoms with Crippen molar-refractivity contribution in [3.63, 3.8) is 0 Å². The number of carbonyl (C=O) groups excluding carboxylic acids is 2. The van der Waals surface area contributed by atoms with Crippen molar-refractivity contribution in [1.29, 1.82) is 0 Å². The molecule has 0 spiro atoms. The zero-order valence-corrected chi connectivity index (χ0v) is 22.2. The van der Waals surface area contributed by atoms with Gasteiger partial charge in [0.2, 0.25) is 0 Å². The zero-order valence-electron chi connectivity index (χ0n) is 20.5. The maximum Gasteiger partial charge on any atom is 0.471 e. The van der Waals surface area contributed by atoms with Crippen LogP contribution in [0, 0.1) is 23.3 Å². The van der Waals surface area contributed by atoms with Gasteiger partial charge in [0.05, 0.1) is 36.6 Å². The van der Waals surface area contributed by atoms with Gasteiger partial charge in [0.1, 0.15) is 30.0 Å². The summed E-state index contributed by atoms with van der Waals surface area (Å²) in [7, 11) is -3.66. The lowest BCUT2D eigenvalue weighted by molar-refractivity contribution is 0.0506. The van der Waals surface area contributed by atoms with Gasteiger partial charge in [-0.05, 0) is 18.2 Å². The van der Waals surface area contributed by atoms with Crippen LogP contribution in [-0.2, 0) is 28.7 Å². The van der Waals surface area contributed by atoms with E-state index in [0.717, 1.165) is 17.2 Å². The molecule has 2 aromatic carbocycles. The monoisotopic (exact) mass is 602 g/mol. The predicted octanol–water partition coefficient (Wildman–Crippen LogP) is 4.57. The number of amides is 3. The first-order chi connectivity index (χ1) is 18.7. The molecule has 1 aromatic heterocycles. The lowest BCUT2D eigenvalue weighted by Gasteiger charge is -2.35. The molecule has 3 aromatic rings. The number of hydrogen-bond acceptors (Lipinski definition) is 5. The fraction of sp³-hybridized carbons (Fsp3) is 0.208. The normalized spacial score (nSPS) is 13.4. The van der Waals surface area contributed by atoms with Crippen LogP contribution in [0.25, 0.3) is 0 Å². The molecule has 0 unspecified atom stereocenters. The Bertz CT molecular complexity index is 1500. The Morgan fingerprint density at radius 2 is 1.80 bits per heavy atom. The van der Waals surface area contributed by atoms with E-state index in [9.17, 15) is 31.7 Å². The lowest BCUT2D eigenvalue weighted by atomic mass is 10.1. The Kier molecular flexibility index (Phi) is 8.47. The smallest absolute Gasteiger partial charge is 0.321 e. The van der Waals surface area contributed by atoms with Crippen LogP contribution in [0.3, 0.4) is 0 Å². The van der Waals surface area contributed by atoms with Gasteiger partial charge < -0.3 is 19.6 Å². The van der Waals surface area contributed by atoms with Gasteiger partial charge in [0.25, 0.3) is 5.91 Å². The number of carbonyl (C=O) groups is 2. The fourth-order valence-corrected chi connectivity index (χ4v) is 4.48. The minimum atomic E-state index is -5.14. The van der Waals surface area contributed by atoms with Crippen LogP contribution in [0.15, 0.2) is 42.6 Å². The first-order valence-electron chi connectivity index (χ1n) is 11.3. The van der Waals surface area contributed by atoms with Crippen LogP contribution in [-0.4, -0.2) is 50.3 Å². The van der Waals surface area contributed by atoms with Gasteiger partial charge in [0.15, 0.2) is 0 Å². The van der Waals surface area contributed by atoms with Crippen molar-refractivity contribution in [3.8, 4) is 0 Å². The maximum atomic E-state index is 14.5. The number of halogens is 5. The molecule has 1 aliphatic rings. The van der Waals surface area contributed by atoms with E-state index in [1.807, 2.05) is 0 Å². The highest BCUT2D eigenvalue weighted by Crippen LogP contribution is 2.36. The number of rotatable bonds is 8. The summed E-state index contributed by atoms with van der Waals surface area (Å²) >= 11 is 6.14. The molecule has 10 nitrogen and oxygen atoms in total. The van der Waals surface area contributed by atoms with Crippen LogP contribution >= 0.6 is 19.4 Å². The third-order valence-corrected chi connectivity index (χ3v) is 6.74. The third kappa shape index (κ3) is 6.43. The highest BCUT2D eigenvalue weighted by Gasteiger charge is 2.32. The van der Waals surface area contributed by atoms with E-state index in [2.05, 4.69) is 9.51 Å². The van der Waals surface area contributed by atoms with Crippen molar-refractivity contribution in [1.82, 2.24) is 14.8 Å². The van der Waals surface area contributed by atoms with E-state index < -0.39 is 61.9 Å². The second kappa shape index (κ2) is 11.5. The van der Waals surface area contributed by atoms with Gasteiger partial charge in [0, 0.05) is 41.5 Å². The summed E-state index contributed by atoms with van der Waals surface area (Å²) in [6, 6.07) is 5.37. The number of benzene rings is 2. The molecule has 0 saturated carbocycles. The van der Waals surface area contributed by atoms with Crippen LogP contribution in [0.4, 0.5) is 28.0 Å². The number of phosphoric ester groups is 1. The highest BCUT2D eigenvalue weighted by molar-refractivity contribution is 7.46. The summed E-state index contributed by atoms with van der Waals surface area (Å²) in [6.07, 6.45) is 1.08. The molecule has 0 bridgehead atoms. The van der Waals surface area contributed by atoms with Gasteiger partial charge in [-0.1, -0.05) is 17.7 Å². The highest BCUT2D eigenvalue weighted by atomic mass is 35.5. The largest absolute Gasteiger partial charge is 0.471 e. The summed E-state index contributed by atoms with van der Waals surface area (Å²) in [5.74, 6) is -5.65. The molecule has 0 aliphatic carbocycles. The number of urea groups is 1. The van der Waals surface area contributed by atoms with E-state index in [0.29, 0.717) is 22.7 Å². The van der Waals surface area contributed by atoms with Crippen molar-refractivity contribution in [2.24, 2.45) is 0 Å². The Morgan fingerprint density at radius 3 is 2.42 bits per heavy atom. The minimum Gasteiger partial charge on any atom is -0.321 e. The second-order valence-electron chi connectivity index (χ2n) is 8.71. The molecule has 16 heteroatoms. The summed E-state index contributed by atoms with van der Waals surface area (Å²) in [5, 5.41) is 0.0480. The molecule has 1 aliphatic heterocycles. The summed E-state index contributed by atoms with van der Waals surface area (Å²) < 4.78 is 72.2. The molecular weight excluding hydrogens is 583 g/mol. The van der Waals surface area contributed by atoms with Crippen molar-refractivity contribution in [2.75, 3.05) is 18.7 Å². The number of hydrogen-bond donors (Lipinski definition) is 2. The molecule has 3 amide bonds. The molecule has 2 N–H and O–H groups in total. The van der Waals surface area contributed by atoms with Crippen LogP contribution in [0.5, 0.6) is 0 Å². The minimum absolute atomic E-state index is 0.00516. The Hall–Kier alpha value is -3.55. The van der Waals surface area contributed by atoms with Crippen LogP contribution < -0.4 is 4.90 Å². The molecule has 40 heavy (non-hydrogen) atoms. The van der Waals surface area contributed by atoms with Gasteiger partial charge in [-0.3, -0.25) is 19.2 Å². The zero-order chi connectivity index (χ0) is 29.4. The van der Waals surface area contributed by atoms with E-state index in [1.54, 1.807) is 0 Å². The molecule has 0 atom stereocenters. The molecule has 2 heterocycles. The maximum absolute atomic E-state index is 14.5. The third-order valence-electron chi connectivity index (χ3n) is 5.93. The Balaban J connectivity index is 1.72. The molecule has 0 saturated heterocycles. The summed E-state index contributed by atoms with van der Waals surface area (Å²) in [5.41, 5.74) is -0.627. The van der Waals surface area contributed by atoms with Crippen molar-refractivity contribution < 1.29 is 46.0 Å². The van der Waals surface area contributed by atoms with Gasteiger partial charge >= 0.3 is 13.9 Å². The van der Waals surface area contributed by atoms with Gasteiger partial charge in [-0.2, -0.15) is 0 Å². The number of anilines is 1. The van der Waals surface area contributed by atoms with Crippen molar-refractivity contribution in [2.45, 2.75) is 19.6 Å². The fourth-order valence-electron chi connectivity index (χ4n) is 3.97.